The minimum Gasteiger partial charge on any atom is -0.263 e. The molecule has 0 amide bonds. The van der Waals surface area contributed by atoms with Crippen LogP contribution in [-0.4, -0.2) is 20.2 Å². The Morgan fingerprint density at radius 3 is 3.00 bits per heavy atom. The summed E-state index contributed by atoms with van der Waals surface area (Å²) in [6.07, 6.45) is 4.54. The van der Waals surface area contributed by atoms with E-state index in [2.05, 4.69) is 27.1 Å². The van der Waals surface area contributed by atoms with Crippen LogP contribution in [0.25, 0.3) is 11.4 Å². The summed E-state index contributed by atoms with van der Waals surface area (Å²) >= 11 is 0. The molecule has 15 heavy (non-hydrogen) atoms. The highest BCUT2D eigenvalue weighted by Gasteiger charge is 2.06. The van der Waals surface area contributed by atoms with Crippen LogP contribution in [0.15, 0.2) is 18.5 Å². The second-order valence-corrected chi connectivity index (χ2v) is 3.25. The number of pyridine rings is 1. The average molecular weight is 206 g/mol. The molecular formula is C10H11FN4. The Balaban J connectivity index is 2.29. The number of aromatic nitrogens is 4. The van der Waals surface area contributed by atoms with E-state index in [0.29, 0.717) is 11.4 Å². The predicted molar refractivity (Wildman–Crippen MR) is 53.6 cm³/mol. The fourth-order valence-corrected chi connectivity index (χ4v) is 1.31. The Morgan fingerprint density at radius 1 is 1.40 bits per heavy atom. The number of aromatic amines is 1. The van der Waals surface area contributed by atoms with E-state index in [-0.39, 0.29) is 5.82 Å². The highest BCUT2D eigenvalue weighted by Crippen LogP contribution is 2.14. The van der Waals surface area contributed by atoms with Gasteiger partial charge < -0.3 is 0 Å². The summed E-state index contributed by atoms with van der Waals surface area (Å²) in [5.74, 6) is 0.927. The summed E-state index contributed by atoms with van der Waals surface area (Å²) < 4.78 is 12.9. The lowest BCUT2D eigenvalue weighted by Crippen LogP contribution is -1.86. The van der Waals surface area contributed by atoms with Crippen molar-refractivity contribution in [2.45, 2.75) is 19.8 Å². The van der Waals surface area contributed by atoms with Crippen molar-refractivity contribution in [3.8, 4) is 11.4 Å². The average Bonchev–Trinajstić information content (AvgIpc) is 2.67. The Bertz CT molecular complexity index is 452. The first-order valence-electron chi connectivity index (χ1n) is 4.82. The number of aryl methyl sites for hydroxylation is 1. The Labute approximate surface area is 86.6 Å². The topological polar surface area (TPSA) is 54.5 Å². The minimum absolute atomic E-state index is 0.380. The van der Waals surface area contributed by atoms with E-state index in [1.54, 1.807) is 6.20 Å². The molecule has 2 aromatic rings. The third-order valence-corrected chi connectivity index (χ3v) is 1.98. The van der Waals surface area contributed by atoms with Crippen LogP contribution in [-0.2, 0) is 6.42 Å². The Morgan fingerprint density at radius 2 is 2.27 bits per heavy atom. The Kier molecular flexibility index (Phi) is 2.71. The number of rotatable bonds is 3. The van der Waals surface area contributed by atoms with Gasteiger partial charge in [-0.3, -0.25) is 10.1 Å². The van der Waals surface area contributed by atoms with Gasteiger partial charge in [0.2, 0.25) is 0 Å². The lowest BCUT2D eigenvalue weighted by molar-refractivity contribution is 0.622. The SMILES string of the molecule is CCCc1nc(-c2cncc(F)c2)n[nH]1. The molecule has 0 aliphatic rings. The standard InChI is InChI=1S/C10H11FN4/c1-2-3-9-13-10(15-14-9)7-4-8(11)6-12-5-7/h4-6H,2-3H2,1H3,(H,13,14,15). The van der Waals surface area contributed by atoms with Gasteiger partial charge in [0.15, 0.2) is 5.82 Å². The molecular weight excluding hydrogens is 195 g/mol. The van der Waals surface area contributed by atoms with Crippen LogP contribution in [0.1, 0.15) is 19.2 Å². The van der Waals surface area contributed by atoms with Gasteiger partial charge >= 0.3 is 0 Å². The van der Waals surface area contributed by atoms with E-state index in [4.69, 9.17) is 0 Å². The van der Waals surface area contributed by atoms with E-state index in [0.717, 1.165) is 24.9 Å². The first-order chi connectivity index (χ1) is 7.29. The van der Waals surface area contributed by atoms with Crippen LogP contribution in [0, 0.1) is 5.82 Å². The van der Waals surface area contributed by atoms with E-state index in [9.17, 15) is 4.39 Å². The number of hydrogen-bond acceptors (Lipinski definition) is 3. The van der Waals surface area contributed by atoms with Crippen molar-refractivity contribution in [3.63, 3.8) is 0 Å². The van der Waals surface area contributed by atoms with Crippen LogP contribution < -0.4 is 0 Å². The number of hydrogen-bond donors (Lipinski definition) is 1. The fourth-order valence-electron chi connectivity index (χ4n) is 1.31. The molecule has 0 aliphatic carbocycles. The van der Waals surface area contributed by atoms with Gasteiger partial charge in [-0.05, 0) is 12.5 Å². The van der Waals surface area contributed by atoms with Crippen LogP contribution in [0.2, 0.25) is 0 Å². The number of H-pyrrole nitrogens is 1. The van der Waals surface area contributed by atoms with E-state index in [1.807, 2.05) is 0 Å². The summed E-state index contributed by atoms with van der Waals surface area (Å²) in [5, 5.41) is 6.82. The zero-order valence-corrected chi connectivity index (χ0v) is 8.37. The molecule has 2 aromatic heterocycles. The number of halogens is 1. The number of nitrogens with zero attached hydrogens (tertiary/aromatic N) is 3. The first kappa shape index (κ1) is 9.76. The molecule has 0 atom stereocenters. The second kappa shape index (κ2) is 4.16. The molecule has 0 radical (unpaired) electrons. The van der Waals surface area contributed by atoms with Gasteiger partial charge in [0.1, 0.15) is 11.6 Å². The van der Waals surface area contributed by atoms with Gasteiger partial charge in [-0.15, -0.1) is 0 Å². The smallest absolute Gasteiger partial charge is 0.182 e. The summed E-state index contributed by atoms with van der Waals surface area (Å²) in [6, 6.07) is 1.37. The molecule has 78 valence electrons. The van der Waals surface area contributed by atoms with Crippen LogP contribution in [0.5, 0.6) is 0 Å². The molecule has 0 fully saturated rings. The largest absolute Gasteiger partial charge is 0.263 e. The molecule has 0 unspecified atom stereocenters. The lowest BCUT2D eigenvalue weighted by atomic mass is 10.2. The summed E-state index contributed by atoms with van der Waals surface area (Å²) in [7, 11) is 0. The molecule has 0 saturated carbocycles. The van der Waals surface area contributed by atoms with E-state index in [1.165, 1.54) is 6.07 Å². The zero-order chi connectivity index (χ0) is 10.7. The van der Waals surface area contributed by atoms with Gasteiger partial charge in [0, 0.05) is 18.2 Å². The van der Waals surface area contributed by atoms with Crippen molar-refractivity contribution in [3.05, 3.63) is 30.1 Å². The maximum Gasteiger partial charge on any atom is 0.182 e. The fraction of sp³-hybridized carbons (Fsp3) is 0.300. The summed E-state index contributed by atoms with van der Waals surface area (Å²) in [6.45, 7) is 2.06. The molecule has 0 saturated heterocycles. The molecule has 0 aliphatic heterocycles. The molecule has 0 aromatic carbocycles. The predicted octanol–water partition coefficient (Wildman–Crippen LogP) is 1.96. The van der Waals surface area contributed by atoms with Gasteiger partial charge in [-0.2, -0.15) is 5.10 Å². The highest BCUT2D eigenvalue weighted by atomic mass is 19.1. The van der Waals surface area contributed by atoms with E-state index >= 15 is 0 Å². The van der Waals surface area contributed by atoms with Gasteiger partial charge in [-0.25, -0.2) is 9.37 Å². The Hall–Kier alpha value is -1.78. The molecule has 2 heterocycles. The molecule has 0 bridgehead atoms. The summed E-state index contributed by atoms with van der Waals surface area (Å²) in [5.41, 5.74) is 0.591. The van der Waals surface area contributed by atoms with Crippen molar-refractivity contribution >= 4 is 0 Å². The van der Waals surface area contributed by atoms with Crippen molar-refractivity contribution in [2.75, 3.05) is 0 Å². The molecule has 4 nitrogen and oxygen atoms in total. The quantitative estimate of drug-likeness (QED) is 0.835. The first-order valence-corrected chi connectivity index (χ1v) is 4.82. The monoisotopic (exact) mass is 206 g/mol. The van der Waals surface area contributed by atoms with Gasteiger partial charge in [-0.1, -0.05) is 6.92 Å². The molecule has 5 heteroatoms. The van der Waals surface area contributed by atoms with Crippen molar-refractivity contribution in [1.29, 1.82) is 0 Å². The minimum atomic E-state index is -0.380. The van der Waals surface area contributed by atoms with Crippen LogP contribution in [0.4, 0.5) is 4.39 Å². The zero-order valence-electron chi connectivity index (χ0n) is 8.37. The van der Waals surface area contributed by atoms with Crippen molar-refractivity contribution < 1.29 is 4.39 Å². The molecule has 2 rings (SSSR count). The highest BCUT2D eigenvalue weighted by molar-refractivity contribution is 5.52. The second-order valence-electron chi connectivity index (χ2n) is 3.25. The molecule has 1 N–H and O–H groups in total. The van der Waals surface area contributed by atoms with Gasteiger partial charge in [0.05, 0.1) is 6.20 Å². The molecule has 0 spiro atoms. The van der Waals surface area contributed by atoms with Crippen molar-refractivity contribution in [2.24, 2.45) is 0 Å². The normalized spacial score (nSPS) is 10.5. The summed E-state index contributed by atoms with van der Waals surface area (Å²) in [4.78, 5) is 7.98. The van der Waals surface area contributed by atoms with Crippen LogP contribution >= 0.6 is 0 Å². The third-order valence-electron chi connectivity index (χ3n) is 1.98. The van der Waals surface area contributed by atoms with Crippen LogP contribution in [0.3, 0.4) is 0 Å². The van der Waals surface area contributed by atoms with E-state index < -0.39 is 0 Å². The lowest BCUT2D eigenvalue weighted by Gasteiger charge is -1.93. The maximum atomic E-state index is 12.9. The van der Waals surface area contributed by atoms with Gasteiger partial charge in [0.25, 0.3) is 0 Å². The van der Waals surface area contributed by atoms with Crippen molar-refractivity contribution in [1.82, 2.24) is 20.2 Å². The number of nitrogens with one attached hydrogen (secondary N) is 1. The maximum absolute atomic E-state index is 12.9. The third kappa shape index (κ3) is 2.18.